The average molecular weight is 478 g/mol. The van der Waals surface area contributed by atoms with Crippen LogP contribution in [0.5, 0.6) is 0 Å². The van der Waals surface area contributed by atoms with E-state index in [1.165, 1.54) is 22.0 Å². The minimum atomic E-state index is -2.27. The Morgan fingerprint density at radius 3 is 2.50 bits per heavy atom. The van der Waals surface area contributed by atoms with Gasteiger partial charge < -0.3 is 40.4 Å². The highest BCUT2D eigenvalue weighted by molar-refractivity contribution is 5.88. The van der Waals surface area contributed by atoms with Crippen LogP contribution in [-0.2, 0) is 20.7 Å². The average Bonchev–Trinajstić information content (AvgIpc) is 3.22. The number of likely N-dealkylation sites (N-methyl/N-ethyl adjacent to an activating group) is 1. The van der Waals surface area contributed by atoms with Crippen molar-refractivity contribution < 1.29 is 39.5 Å². The summed E-state index contributed by atoms with van der Waals surface area (Å²) in [6.07, 6.45) is -0.440. The van der Waals surface area contributed by atoms with Crippen LogP contribution in [0.25, 0.3) is 10.9 Å². The van der Waals surface area contributed by atoms with E-state index in [1.807, 2.05) is 6.92 Å². The van der Waals surface area contributed by atoms with E-state index < -0.39 is 24.1 Å². The number of carboxylic acids is 2. The summed E-state index contributed by atoms with van der Waals surface area (Å²) in [5.74, 6) is -2.55. The molecule has 0 radical (unpaired) electrons. The molecule has 1 saturated heterocycles. The van der Waals surface area contributed by atoms with Gasteiger partial charge in [0.05, 0.1) is 6.61 Å². The number of piperidine rings is 1. The van der Waals surface area contributed by atoms with Gasteiger partial charge in [0.2, 0.25) is 0 Å². The zero-order valence-electron chi connectivity index (χ0n) is 19.1. The number of aliphatic carboxylic acids is 2. The number of aromatic nitrogens is 1. The lowest BCUT2D eigenvalue weighted by atomic mass is 9.72. The van der Waals surface area contributed by atoms with Crippen LogP contribution in [0, 0.1) is 5.92 Å². The zero-order valence-corrected chi connectivity index (χ0v) is 19.1. The number of carboxylic acid groups (broad SMARTS) is 2. The number of hydrogen-bond donors (Lipinski definition) is 6. The normalized spacial score (nSPS) is 23.1. The number of aliphatic hydroxyl groups excluding tert-OH is 2. The van der Waals surface area contributed by atoms with Gasteiger partial charge in [-0.15, -0.1) is 0 Å². The van der Waals surface area contributed by atoms with Gasteiger partial charge >= 0.3 is 18.0 Å². The predicted molar refractivity (Wildman–Crippen MR) is 122 cm³/mol. The van der Waals surface area contributed by atoms with Crippen LogP contribution in [0.1, 0.15) is 30.4 Å². The van der Waals surface area contributed by atoms with Crippen molar-refractivity contribution in [2.75, 3.05) is 26.7 Å². The molecule has 2 unspecified atom stereocenters. The Hall–Kier alpha value is -3.15. The van der Waals surface area contributed by atoms with E-state index >= 15 is 0 Å². The number of aromatic amines is 1. The highest BCUT2D eigenvalue weighted by atomic mass is 16.5. The standard InChI is InChI=1S/C19H25N3O2.C4H6O6/c1-3-24-19(23)21-9-12-7-15-14-5-4-6-16-18(14)13(10-20-16)8-17(15)22(2)11-12;5-1(3(7)8)2(6)4(9)10/h4-6,10,12,15,17,20H,3,7-9,11H2,1-2H3,(H,21,23);1-2,5-6H,(H,7,8)(H,9,10)/t12-,15+,17+;/m0./s1. The molecule has 1 aromatic carbocycles. The molecule has 11 heteroatoms. The third-order valence-corrected chi connectivity index (χ3v) is 6.43. The number of carbonyl (C=O) groups is 3. The van der Waals surface area contributed by atoms with Gasteiger partial charge in [0.15, 0.2) is 12.2 Å². The number of amides is 1. The van der Waals surface area contributed by atoms with Gasteiger partial charge in [0, 0.05) is 42.1 Å². The summed E-state index contributed by atoms with van der Waals surface area (Å²) in [6, 6.07) is 7.15. The summed E-state index contributed by atoms with van der Waals surface area (Å²) in [6.45, 7) is 3.95. The largest absolute Gasteiger partial charge is 0.479 e. The lowest BCUT2D eigenvalue weighted by Crippen LogP contribution is -2.50. The number of alkyl carbamates (subject to hydrolysis) is 1. The maximum Gasteiger partial charge on any atom is 0.407 e. The number of benzene rings is 1. The summed E-state index contributed by atoms with van der Waals surface area (Å²) in [7, 11) is 2.21. The predicted octanol–water partition coefficient (Wildman–Crippen LogP) is 0.751. The van der Waals surface area contributed by atoms with Crippen molar-refractivity contribution in [3.63, 3.8) is 0 Å². The molecule has 0 bridgehead atoms. The van der Waals surface area contributed by atoms with Gasteiger partial charge in [-0.1, -0.05) is 12.1 Å². The van der Waals surface area contributed by atoms with E-state index in [2.05, 4.69) is 46.6 Å². The lowest BCUT2D eigenvalue weighted by molar-refractivity contribution is -0.165. The highest BCUT2D eigenvalue weighted by Crippen LogP contribution is 2.44. The number of nitrogens with one attached hydrogen (secondary N) is 2. The van der Waals surface area contributed by atoms with Gasteiger partial charge in [0.25, 0.3) is 0 Å². The molecule has 1 fully saturated rings. The summed E-state index contributed by atoms with van der Waals surface area (Å²) < 4.78 is 4.98. The first kappa shape index (κ1) is 25.5. The summed E-state index contributed by atoms with van der Waals surface area (Å²) in [4.78, 5) is 37.0. The Morgan fingerprint density at radius 2 is 1.88 bits per heavy atom. The van der Waals surface area contributed by atoms with Crippen LogP contribution in [-0.4, -0.2) is 93.3 Å². The number of carbonyl (C=O) groups excluding carboxylic acids is 1. The second kappa shape index (κ2) is 10.9. The fourth-order valence-corrected chi connectivity index (χ4v) is 4.88. The van der Waals surface area contributed by atoms with E-state index in [1.54, 1.807) is 0 Å². The zero-order chi connectivity index (χ0) is 25.0. The van der Waals surface area contributed by atoms with E-state index in [0.29, 0.717) is 31.0 Å². The third kappa shape index (κ3) is 5.49. The van der Waals surface area contributed by atoms with Crippen LogP contribution in [0.4, 0.5) is 4.79 Å². The number of ether oxygens (including phenoxy) is 1. The van der Waals surface area contributed by atoms with Crippen LogP contribution in [0.15, 0.2) is 24.4 Å². The quantitative estimate of drug-likeness (QED) is 0.351. The molecule has 2 aromatic rings. The molecule has 4 rings (SSSR count). The van der Waals surface area contributed by atoms with E-state index in [4.69, 9.17) is 25.2 Å². The fourth-order valence-electron chi connectivity index (χ4n) is 4.88. The molecular weight excluding hydrogens is 446 g/mol. The van der Waals surface area contributed by atoms with Crippen molar-refractivity contribution >= 4 is 28.9 Å². The second-order valence-electron chi connectivity index (χ2n) is 8.67. The number of rotatable bonds is 6. The van der Waals surface area contributed by atoms with Crippen molar-refractivity contribution in [2.45, 2.75) is 43.9 Å². The van der Waals surface area contributed by atoms with Crippen molar-refractivity contribution in [1.29, 1.82) is 0 Å². The minimum Gasteiger partial charge on any atom is -0.479 e. The molecule has 11 nitrogen and oxygen atoms in total. The highest BCUT2D eigenvalue weighted by Gasteiger charge is 2.39. The van der Waals surface area contributed by atoms with Crippen molar-refractivity contribution in [3.8, 4) is 0 Å². The van der Waals surface area contributed by atoms with Gasteiger partial charge in [-0.25, -0.2) is 14.4 Å². The van der Waals surface area contributed by atoms with Crippen LogP contribution in [0.3, 0.4) is 0 Å². The third-order valence-electron chi connectivity index (χ3n) is 6.43. The molecule has 0 saturated carbocycles. The summed E-state index contributed by atoms with van der Waals surface area (Å²) in [5, 5.41) is 36.9. The monoisotopic (exact) mass is 477 g/mol. The molecule has 5 atom stereocenters. The van der Waals surface area contributed by atoms with E-state index in [-0.39, 0.29) is 6.09 Å². The molecule has 1 aliphatic carbocycles. The first-order chi connectivity index (χ1) is 16.1. The van der Waals surface area contributed by atoms with Gasteiger partial charge in [-0.3, -0.25) is 0 Å². The van der Waals surface area contributed by atoms with Crippen molar-refractivity contribution in [3.05, 3.63) is 35.5 Å². The van der Waals surface area contributed by atoms with Crippen molar-refractivity contribution in [1.82, 2.24) is 15.2 Å². The fraction of sp³-hybridized carbons (Fsp3) is 0.522. The number of fused-ring (bicyclic) bond motifs is 2. The molecule has 1 aliphatic heterocycles. The van der Waals surface area contributed by atoms with E-state index in [9.17, 15) is 14.4 Å². The molecule has 6 N–H and O–H groups in total. The topological polar surface area (TPSA) is 172 Å². The second-order valence-corrected chi connectivity index (χ2v) is 8.67. The summed E-state index contributed by atoms with van der Waals surface area (Å²) in [5.41, 5.74) is 4.15. The first-order valence-electron chi connectivity index (χ1n) is 11.1. The number of H-pyrrole nitrogens is 1. The van der Waals surface area contributed by atoms with Gasteiger partial charge in [-0.05, 0) is 49.9 Å². The molecule has 1 amide bonds. The summed E-state index contributed by atoms with van der Waals surface area (Å²) >= 11 is 0. The van der Waals surface area contributed by atoms with E-state index in [0.717, 1.165) is 19.4 Å². The van der Waals surface area contributed by atoms with Gasteiger partial charge in [-0.2, -0.15) is 0 Å². The van der Waals surface area contributed by atoms with Gasteiger partial charge in [0.1, 0.15) is 0 Å². The number of likely N-dealkylation sites (tertiary alicyclic amines) is 1. The SMILES string of the molecule is CCOC(=O)NC[C@@H]1C[C@@H]2c3cccc4[nH]cc(c34)C[C@H]2N(C)C1.O=C(O)C(O)C(O)C(=O)O. The molecule has 0 spiro atoms. The van der Waals surface area contributed by atoms with Crippen molar-refractivity contribution in [2.24, 2.45) is 5.92 Å². The maximum absolute atomic E-state index is 11.6. The first-order valence-corrected chi connectivity index (χ1v) is 11.1. The lowest BCUT2D eigenvalue weighted by Gasteiger charge is -2.45. The molecule has 2 aliphatic rings. The smallest absolute Gasteiger partial charge is 0.407 e. The molecule has 186 valence electrons. The van der Waals surface area contributed by atoms with Crippen LogP contribution in [0.2, 0.25) is 0 Å². The molecular formula is C23H31N3O8. The molecule has 1 aromatic heterocycles. The maximum atomic E-state index is 11.6. The Labute approximate surface area is 196 Å². The molecule has 34 heavy (non-hydrogen) atoms. The number of aliphatic hydroxyl groups is 2. The Bertz CT molecular complexity index is 1020. The Morgan fingerprint density at radius 1 is 1.21 bits per heavy atom. The number of hydrogen-bond acceptors (Lipinski definition) is 7. The van der Waals surface area contributed by atoms with Crippen LogP contribution < -0.4 is 5.32 Å². The Kier molecular flexibility index (Phi) is 8.13. The number of nitrogens with zero attached hydrogens (tertiary/aromatic N) is 1. The molecule has 2 heterocycles. The Balaban J connectivity index is 0.000000277. The minimum absolute atomic E-state index is 0.305. The van der Waals surface area contributed by atoms with Crippen LogP contribution >= 0.6 is 0 Å².